The number of nitrogens with zero attached hydrogens (tertiary/aromatic N) is 7. The van der Waals surface area contributed by atoms with Crippen molar-refractivity contribution < 1.29 is 39.5 Å². The first-order valence-corrected chi connectivity index (χ1v) is 9.67. The van der Waals surface area contributed by atoms with Gasteiger partial charge in [-0.15, -0.1) is 0 Å². The third-order valence-corrected chi connectivity index (χ3v) is 5.10. The van der Waals surface area contributed by atoms with Crippen LogP contribution in [-0.4, -0.2) is 0 Å². The number of benzene rings is 2. The van der Waals surface area contributed by atoms with Crippen molar-refractivity contribution in [3.05, 3.63) is 67.1 Å². The van der Waals surface area contributed by atoms with Gasteiger partial charge in [-0.25, -0.2) is 0 Å². The minimum absolute atomic E-state index is 0.177. The van der Waals surface area contributed by atoms with Crippen LogP contribution >= 0.6 is 0 Å². The second-order valence-corrected chi connectivity index (χ2v) is 7.22. The van der Waals surface area contributed by atoms with E-state index in [1.807, 2.05) is 0 Å². The van der Waals surface area contributed by atoms with Gasteiger partial charge in [-0.2, -0.15) is 76.3 Å². The van der Waals surface area contributed by atoms with Gasteiger partial charge in [0.05, 0.1) is 44.5 Å². The van der Waals surface area contributed by atoms with Gasteiger partial charge in [0.25, 0.3) is 0 Å². The summed E-state index contributed by atoms with van der Waals surface area (Å²) in [6, 6.07) is 6.77. The van der Waals surface area contributed by atoms with Gasteiger partial charge >= 0.3 is 18.5 Å². The van der Waals surface area contributed by atoms with Crippen LogP contribution in [0.1, 0.15) is 44.5 Å². The third kappa shape index (κ3) is 5.05. The van der Waals surface area contributed by atoms with E-state index in [2.05, 4.69) is 0 Å². The molecular formula is C24H2F9N7. The number of alkyl halides is 9. The standard InChI is InChI=1S/C24H2F9N7/c25-22(26,27)17-1-10(2-18(15(17)8-39)23(28,29)30)12(5-36)20-14(7-38)13(6-37)19(11(3-34)4-35)21(16(20)9-40)24(31,32)33/h1-2H/b20-12-. The largest absolute Gasteiger partial charge is 0.418 e. The van der Waals surface area contributed by atoms with Crippen LogP contribution in [0.2, 0.25) is 0 Å². The molecule has 0 aliphatic rings. The molecule has 0 atom stereocenters. The molecule has 0 heterocycles. The maximum Gasteiger partial charge on any atom is 0.418 e. The Labute approximate surface area is 216 Å². The Kier molecular flexibility index (Phi) is 7.84. The molecule has 0 aliphatic carbocycles. The fraction of sp³-hybridized carbons (Fsp3) is 0.125. The first-order chi connectivity index (χ1) is 18.5. The SMILES string of the molecule is N#CC(C#N)=c1c(C#N)c(C#N)/c(=C(\C#N)c2cc(C(F)(F)F)c(C#N)c(C(F)(F)F)c2)c(C#N)c1C(F)(F)F. The van der Waals surface area contributed by atoms with Gasteiger partial charge in [-0.1, -0.05) is 0 Å². The first-order valence-electron chi connectivity index (χ1n) is 9.67. The van der Waals surface area contributed by atoms with Gasteiger partial charge in [-0.05, 0) is 17.7 Å². The number of rotatable bonds is 1. The summed E-state index contributed by atoms with van der Waals surface area (Å²) in [5.74, 6) is 0. The van der Waals surface area contributed by atoms with E-state index >= 15 is 0 Å². The highest BCUT2D eigenvalue weighted by Gasteiger charge is 2.43. The molecule has 0 fully saturated rings. The summed E-state index contributed by atoms with van der Waals surface area (Å²) in [6.07, 6.45) is -17.0. The lowest BCUT2D eigenvalue weighted by molar-refractivity contribution is -0.143. The van der Waals surface area contributed by atoms with Gasteiger partial charge in [-0.3, -0.25) is 0 Å². The van der Waals surface area contributed by atoms with Crippen molar-refractivity contribution in [1.29, 1.82) is 36.8 Å². The highest BCUT2D eigenvalue weighted by Crippen LogP contribution is 2.41. The molecule has 2 aromatic carbocycles. The predicted molar refractivity (Wildman–Crippen MR) is 109 cm³/mol. The molecule has 0 saturated heterocycles. The van der Waals surface area contributed by atoms with E-state index in [-0.39, 0.29) is 12.1 Å². The Morgan fingerprint density at radius 3 is 1.20 bits per heavy atom. The molecule has 40 heavy (non-hydrogen) atoms. The van der Waals surface area contributed by atoms with Crippen molar-refractivity contribution in [3.8, 4) is 42.5 Å². The lowest BCUT2D eigenvalue weighted by Gasteiger charge is -2.18. The van der Waals surface area contributed by atoms with Crippen LogP contribution in [0.3, 0.4) is 0 Å². The Bertz CT molecular complexity index is 1830. The van der Waals surface area contributed by atoms with Crippen molar-refractivity contribution in [1.82, 2.24) is 0 Å². The molecule has 0 N–H and O–H groups in total. The van der Waals surface area contributed by atoms with Gasteiger partial charge in [0.1, 0.15) is 48.1 Å². The fourth-order valence-corrected chi connectivity index (χ4v) is 3.62. The fourth-order valence-electron chi connectivity index (χ4n) is 3.62. The van der Waals surface area contributed by atoms with Gasteiger partial charge in [0, 0.05) is 10.4 Å². The zero-order valence-electron chi connectivity index (χ0n) is 18.7. The van der Waals surface area contributed by atoms with Gasteiger partial charge in [0.2, 0.25) is 0 Å². The Morgan fingerprint density at radius 2 is 0.900 bits per heavy atom. The maximum absolute atomic E-state index is 14.2. The summed E-state index contributed by atoms with van der Waals surface area (Å²) < 4.78 is 124. The molecule has 0 aliphatic heterocycles. The summed E-state index contributed by atoms with van der Waals surface area (Å²) in [5.41, 5.74) is -17.5. The smallest absolute Gasteiger partial charge is 0.192 e. The van der Waals surface area contributed by atoms with E-state index in [0.29, 0.717) is 0 Å². The predicted octanol–water partition coefficient (Wildman–Crippen LogP) is 4.15. The summed E-state index contributed by atoms with van der Waals surface area (Å²) >= 11 is 0. The maximum atomic E-state index is 14.2. The quantitative estimate of drug-likeness (QED) is 0.473. The van der Waals surface area contributed by atoms with Crippen molar-refractivity contribution >= 4 is 11.1 Å². The molecule has 0 saturated carbocycles. The molecule has 7 nitrogen and oxygen atoms in total. The molecule has 196 valence electrons. The van der Waals surface area contributed by atoms with E-state index in [0.717, 1.165) is 36.4 Å². The molecule has 2 aromatic rings. The second kappa shape index (κ2) is 10.4. The van der Waals surface area contributed by atoms with Crippen LogP contribution < -0.4 is 10.4 Å². The Balaban J connectivity index is 3.65. The zero-order valence-corrected chi connectivity index (χ0v) is 18.7. The van der Waals surface area contributed by atoms with E-state index in [1.54, 1.807) is 0 Å². The normalized spacial score (nSPS) is 11.8. The molecule has 16 heteroatoms. The van der Waals surface area contributed by atoms with E-state index in [1.165, 1.54) is 6.07 Å². The molecular weight excluding hydrogens is 557 g/mol. The molecule has 0 bridgehead atoms. The van der Waals surface area contributed by atoms with E-state index in [4.69, 9.17) is 15.8 Å². The summed E-state index contributed by atoms with van der Waals surface area (Å²) in [4.78, 5) is 0. The molecule has 0 amide bonds. The lowest BCUT2D eigenvalue weighted by Crippen LogP contribution is -2.34. The zero-order chi connectivity index (χ0) is 30.8. The van der Waals surface area contributed by atoms with Crippen LogP contribution in [0, 0.1) is 79.3 Å². The molecule has 0 unspecified atom stereocenters. The topological polar surface area (TPSA) is 167 Å². The van der Waals surface area contributed by atoms with Gasteiger partial charge in [0.15, 0.2) is 0 Å². The number of halogens is 9. The first kappa shape index (κ1) is 30.2. The third-order valence-electron chi connectivity index (χ3n) is 5.10. The average molecular weight is 559 g/mol. The molecule has 0 radical (unpaired) electrons. The number of hydrogen-bond acceptors (Lipinski definition) is 7. The lowest BCUT2D eigenvalue weighted by atomic mass is 9.86. The summed E-state index contributed by atoms with van der Waals surface area (Å²) in [6.45, 7) is 0. The van der Waals surface area contributed by atoms with Gasteiger partial charge < -0.3 is 0 Å². The Morgan fingerprint density at radius 1 is 0.500 bits per heavy atom. The highest BCUT2D eigenvalue weighted by molar-refractivity contribution is 5.83. The minimum atomic E-state index is -5.72. The van der Waals surface area contributed by atoms with Crippen LogP contribution in [0.25, 0.3) is 11.1 Å². The molecule has 0 spiro atoms. The van der Waals surface area contributed by atoms with Crippen molar-refractivity contribution in [3.63, 3.8) is 0 Å². The van der Waals surface area contributed by atoms with E-state index in [9.17, 15) is 60.6 Å². The second-order valence-electron chi connectivity index (χ2n) is 7.22. The minimum Gasteiger partial charge on any atom is -0.192 e. The summed E-state index contributed by atoms with van der Waals surface area (Å²) in [5, 5.41) is 62.7. The van der Waals surface area contributed by atoms with Crippen molar-refractivity contribution in [2.45, 2.75) is 18.5 Å². The van der Waals surface area contributed by atoms with Crippen LogP contribution in [0.5, 0.6) is 0 Å². The van der Waals surface area contributed by atoms with Crippen molar-refractivity contribution in [2.24, 2.45) is 0 Å². The summed E-state index contributed by atoms with van der Waals surface area (Å²) in [7, 11) is 0. The highest BCUT2D eigenvalue weighted by atomic mass is 19.4. The average Bonchev–Trinajstić information content (AvgIpc) is 2.86. The van der Waals surface area contributed by atoms with Crippen LogP contribution in [0.15, 0.2) is 12.1 Å². The number of nitriles is 7. The Hall–Kier alpha value is -6.02. The molecule has 2 rings (SSSR count). The van der Waals surface area contributed by atoms with Crippen molar-refractivity contribution in [2.75, 3.05) is 0 Å². The van der Waals surface area contributed by atoms with E-state index < -0.39 is 84.6 Å². The molecule has 0 aromatic heterocycles. The van der Waals surface area contributed by atoms with Crippen LogP contribution in [0.4, 0.5) is 39.5 Å². The number of hydrogen-bond donors (Lipinski definition) is 0. The van der Waals surface area contributed by atoms with Crippen LogP contribution in [-0.2, 0) is 18.5 Å². The monoisotopic (exact) mass is 559 g/mol.